The van der Waals surface area contributed by atoms with Crippen LogP contribution in [-0.2, 0) is 13.1 Å². The Hall–Kier alpha value is -2.93. The van der Waals surface area contributed by atoms with Gasteiger partial charge in [0.05, 0.1) is 32.5 Å². The van der Waals surface area contributed by atoms with Gasteiger partial charge in [0.1, 0.15) is 0 Å². The van der Waals surface area contributed by atoms with Gasteiger partial charge in [-0.25, -0.2) is 4.98 Å². The van der Waals surface area contributed by atoms with E-state index in [1.807, 2.05) is 71.2 Å². The number of hydrogen-bond acceptors (Lipinski definition) is 4. The minimum Gasteiger partial charge on any atom is -0.336 e. The number of aryl methyl sites for hydroxylation is 2. The lowest BCUT2D eigenvalue weighted by atomic mass is 10.0. The van der Waals surface area contributed by atoms with Crippen LogP contribution in [0.2, 0.25) is 10.0 Å². The van der Waals surface area contributed by atoms with E-state index < -0.39 is 0 Å². The Morgan fingerprint density at radius 2 is 1.77 bits per heavy atom. The number of nitrogens with zero attached hydrogens (tertiary/aromatic N) is 5. The highest BCUT2D eigenvalue weighted by Gasteiger charge is 2.25. The number of piperazine rings is 1. The molecule has 0 aliphatic carbocycles. The van der Waals surface area contributed by atoms with Gasteiger partial charge in [-0.15, -0.1) is 0 Å². The van der Waals surface area contributed by atoms with E-state index in [9.17, 15) is 4.79 Å². The summed E-state index contributed by atoms with van der Waals surface area (Å²) in [5.74, 6) is 0.0413. The number of rotatable bonds is 5. The topological polar surface area (TPSA) is 54.3 Å². The Labute approximate surface area is 215 Å². The van der Waals surface area contributed by atoms with Crippen LogP contribution in [0.3, 0.4) is 0 Å². The van der Waals surface area contributed by atoms with Crippen molar-refractivity contribution in [1.82, 2.24) is 24.6 Å². The van der Waals surface area contributed by atoms with E-state index in [2.05, 4.69) is 16.9 Å². The Balaban J connectivity index is 1.37. The van der Waals surface area contributed by atoms with E-state index >= 15 is 0 Å². The first-order valence-corrected chi connectivity index (χ1v) is 12.6. The molecule has 180 valence electrons. The lowest BCUT2D eigenvalue weighted by Gasteiger charge is -2.35. The molecule has 0 bridgehead atoms. The molecule has 0 N–H and O–H groups in total. The second-order valence-electron chi connectivity index (χ2n) is 8.87. The molecule has 4 aromatic rings. The van der Waals surface area contributed by atoms with E-state index in [-0.39, 0.29) is 5.91 Å². The average molecular weight is 508 g/mol. The molecule has 8 heteroatoms. The normalized spacial score (nSPS) is 14.6. The van der Waals surface area contributed by atoms with Crippen molar-refractivity contribution >= 4 is 40.0 Å². The summed E-state index contributed by atoms with van der Waals surface area (Å²) in [4.78, 5) is 22.9. The summed E-state index contributed by atoms with van der Waals surface area (Å²) >= 11 is 12.2. The smallest absolute Gasteiger partial charge is 0.254 e. The van der Waals surface area contributed by atoms with Crippen LogP contribution in [0.1, 0.15) is 28.5 Å². The minimum atomic E-state index is 0.0413. The Morgan fingerprint density at radius 1 is 1.00 bits per heavy atom. The lowest BCUT2D eigenvalue weighted by molar-refractivity contribution is 0.0630. The molecule has 3 heterocycles. The molecule has 2 aromatic carbocycles. The molecular weight excluding hydrogens is 481 g/mol. The number of aromatic nitrogens is 3. The van der Waals surface area contributed by atoms with Crippen LogP contribution in [0.25, 0.3) is 22.2 Å². The number of para-hydroxylation sites is 1. The number of carbonyl (C=O) groups is 1. The van der Waals surface area contributed by atoms with Crippen LogP contribution in [-0.4, -0.2) is 56.7 Å². The van der Waals surface area contributed by atoms with Crippen molar-refractivity contribution in [1.29, 1.82) is 0 Å². The van der Waals surface area contributed by atoms with Gasteiger partial charge in [0, 0.05) is 56.4 Å². The van der Waals surface area contributed by atoms with Crippen molar-refractivity contribution in [2.75, 3.05) is 26.2 Å². The summed E-state index contributed by atoms with van der Waals surface area (Å²) in [5, 5.41) is 6.57. The number of amides is 1. The standard InChI is InChI=1S/C27H27Cl2N5O/c1-3-34-17-22(18(2)31-34)26-15-21(20-6-4-5-7-25(20)30-26)27(35)33-12-10-32(11-13-33)16-19-8-9-23(28)24(29)14-19/h4-9,14-15,17H,3,10-13,16H2,1-2H3. The summed E-state index contributed by atoms with van der Waals surface area (Å²) in [6.07, 6.45) is 2.00. The second-order valence-corrected chi connectivity index (χ2v) is 9.69. The van der Waals surface area contributed by atoms with Crippen molar-refractivity contribution in [3.05, 3.63) is 81.6 Å². The fourth-order valence-electron chi connectivity index (χ4n) is 4.60. The van der Waals surface area contributed by atoms with Gasteiger partial charge in [0.25, 0.3) is 5.91 Å². The highest BCUT2D eigenvalue weighted by molar-refractivity contribution is 6.42. The fourth-order valence-corrected chi connectivity index (χ4v) is 4.92. The molecule has 1 aliphatic rings. The van der Waals surface area contributed by atoms with Crippen LogP contribution in [0.5, 0.6) is 0 Å². The highest BCUT2D eigenvalue weighted by atomic mass is 35.5. The number of carbonyl (C=O) groups excluding carboxylic acids is 1. The first-order chi connectivity index (χ1) is 16.9. The Morgan fingerprint density at radius 3 is 2.49 bits per heavy atom. The van der Waals surface area contributed by atoms with Crippen molar-refractivity contribution < 1.29 is 4.79 Å². The second kappa shape index (κ2) is 9.97. The first-order valence-electron chi connectivity index (χ1n) is 11.8. The van der Waals surface area contributed by atoms with E-state index in [0.29, 0.717) is 28.7 Å². The van der Waals surface area contributed by atoms with E-state index in [1.165, 1.54) is 0 Å². The maximum absolute atomic E-state index is 13.7. The van der Waals surface area contributed by atoms with Gasteiger partial charge in [-0.05, 0) is 43.7 Å². The van der Waals surface area contributed by atoms with Gasteiger partial charge in [-0.3, -0.25) is 14.4 Å². The largest absolute Gasteiger partial charge is 0.336 e. The maximum Gasteiger partial charge on any atom is 0.254 e. The van der Waals surface area contributed by atoms with Crippen molar-refractivity contribution in [2.45, 2.75) is 26.9 Å². The van der Waals surface area contributed by atoms with Gasteiger partial charge in [-0.2, -0.15) is 5.10 Å². The predicted octanol–water partition coefficient (Wildman–Crippen LogP) is 5.69. The number of halogens is 2. The van der Waals surface area contributed by atoms with E-state index in [4.69, 9.17) is 28.2 Å². The SMILES string of the molecule is CCn1cc(-c2cc(C(=O)N3CCN(Cc4ccc(Cl)c(Cl)c4)CC3)c3ccccc3n2)c(C)n1. The number of benzene rings is 2. The molecule has 0 atom stereocenters. The molecule has 6 nitrogen and oxygen atoms in total. The molecule has 1 fully saturated rings. The zero-order valence-corrected chi connectivity index (χ0v) is 21.4. The highest BCUT2D eigenvalue weighted by Crippen LogP contribution is 2.28. The number of pyridine rings is 1. The molecule has 0 saturated carbocycles. The van der Waals surface area contributed by atoms with Crippen LogP contribution in [0.15, 0.2) is 54.7 Å². The van der Waals surface area contributed by atoms with E-state index in [0.717, 1.165) is 59.6 Å². The monoisotopic (exact) mass is 507 g/mol. The molecule has 1 saturated heterocycles. The van der Waals surface area contributed by atoms with E-state index in [1.54, 1.807) is 0 Å². The van der Waals surface area contributed by atoms with Gasteiger partial charge in [0.2, 0.25) is 0 Å². The van der Waals surface area contributed by atoms with Crippen LogP contribution in [0.4, 0.5) is 0 Å². The number of fused-ring (bicyclic) bond motifs is 1. The molecule has 5 rings (SSSR count). The molecule has 1 aliphatic heterocycles. The summed E-state index contributed by atoms with van der Waals surface area (Å²) < 4.78 is 1.90. The predicted molar refractivity (Wildman–Crippen MR) is 141 cm³/mol. The molecule has 0 unspecified atom stereocenters. The zero-order valence-electron chi connectivity index (χ0n) is 19.8. The maximum atomic E-state index is 13.7. The summed E-state index contributed by atoms with van der Waals surface area (Å²) in [6.45, 7) is 8.52. The Bertz CT molecular complexity index is 1390. The van der Waals surface area contributed by atoms with Crippen molar-refractivity contribution in [3.63, 3.8) is 0 Å². The molecule has 0 radical (unpaired) electrons. The fraction of sp³-hybridized carbons (Fsp3) is 0.296. The lowest BCUT2D eigenvalue weighted by Crippen LogP contribution is -2.48. The van der Waals surface area contributed by atoms with Crippen molar-refractivity contribution in [2.24, 2.45) is 0 Å². The molecule has 0 spiro atoms. The Kier molecular flexibility index (Phi) is 6.78. The van der Waals surface area contributed by atoms with Crippen molar-refractivity contribution in [3.8, 4) is 11.3 Å². The average Bonchev–Trinajstić information content (AvgIpc) is 3.26. The van der Waals surface area contributed by atoms with Crippen LogP contribution in [0, 0.1) is 6.92 Å². The first kappa shape index (κ1) is 23.8. The summed E-state index contributed by atoms with van der Waals surface area (Å²) in [7, 11) is 0. The van der Waals surface area contributed by atoms with Gasteiger partial charge in [0.15, 0.2) is 0 Å². The third-order valence-corrected chi connectivity index (χ3v) is 7.28. The third-order valence-electron chi connectivity index (χ3n) is 6.54. The van der Waals surface area contributed by atoms with Crippen LogP contribution >= 0.6 is 23.2 Å². The third kappa shape index (κ3) is 4.92. The molecule has 2 aromatic heterocycles. The number of hydrogen-bond donors (Lipinski definition) is 0. The van der Waals surface area contributed by atoms with Gasteiger partial charge in [-0.1, -0.05) is 47.5 Å². The van der Waals surface area contributed by atoms with Crippen LogP contribution < -0.4 is 0 Å². The van der Waals surface area contributed by atoms with Gasteiger partial charge < -0.3 is 4.90 Å². The molecule has 1 amide bonds. The van der Waals surface area contributed by atoms with Gasteiger partial charge >= 0.3 is 0 Å². The summed E-state index contributed by atoms with van der Waals surface area (Å²) in [5.41, 5.74) is 5.26. The molecule has 35 heavy (non-hydrogen) atoms. The molecular formula is C27H27Cl2N5O. The quantitative estimate of drug-likeness (QED) is 0.348. The zero-order chi connectivity index (χ0) is 24.5. The summed E-state index contributed by atoms with van der Waals surface area (Å²) in [6, 6.07) is 15.5. The minimum absolute atomic E-state index is 0.0413.